The van der Waals surface area contributed by atoms with E-state index in [2.05, 4.69) is 22.1 Å². The second-order valence-electron chi connectivity index (χ2n) is 12.0. The lowest BCUT2D eigenvalue weighted by atomic mass is 9.95. The Hall–Kier alpha value is -4.54. The minimum Gasteiger partial charge on any atom is -0.439 e. The van der Waals surface area contributed by atoms with Crippen molar-refractivity contribution in [1.82, 2.24) is 19.9 Å². The van der Waals surface area contributed by atoms with Crippen LogP contribution in [-0.4, -0.2) is 51.2 Å². The van der Waals surface area contributed by atoms with Gasteiger partial charge in [-0.1, -0.05) is 35.4 Å². The summed E-state index contributed by atoms with van der Waals surface area (Å²) in [5.41, 5.74) is 6.70. The number of amides is 1. The molecule has 0 aliphatic carbocycles. The summed E-state index contributed by atoms with van der Waals surface area (Å²) in [7, 11) is 0. The summed E-state index contributed by atoms with van der Waals surface area (Å²) in [6, 6.07) is 11.3. The number of aryl methyl sites for hydroxylation is 4. The Balaban J connectivity index is 1.38. The fourth-order valence-electron chi connectivity index (χ4n) is 6.04. The molecule has 0 unspecified atom stereocenters. The third-order valence-electron chi connectivity index (χ3n) is 8.51. The SMILES string of the molecule is Cc1cc([C@H]2OC(=O)N(Cc3nc(N4CC(F)C4)ncc3-c3cc(-c4ccc(C)cc4C)cnc3C)[C@H]2C)cc(C(F)(F)F)c1. The summed E-state index contributed by atoms with van der Waals surface area (Å²) in [6.45, 7) is 9.60. The van der Waals surface area contributed by atoms with Crippen molar-refractivity contribution < 1.29 is 27.1 Å². The molecule has 0 N–H and O–H groups in total. The number of carbonyl (C=O) groups is 1. The van der Waals surface area contributed by atoms with Crippen molar-refractivity contribution in [3.63, 3.8) is 0 Å². The third kappa shape index (κ3) is 5.95. The molecule has 0 saturated carbocycles. The van der Waals surface area contributed by atoms with Crippen molar-refractivity contribution in [3.05, 3.63) is 94.1 Å². The van der Waals surface area contributed by atoms with Crippen LogP contribution in [0.1, 0.15) is 52.2 Å². The molecule has 2 fully saturated rings. The van der Waals surface area contributed by atoms with E-state index in [4.69, 9.17) is 9.72 Å². The van der Waals surface area contributed by atoms with Crippen molar-refractivity contribution in [2.45, 2.75) is 65.7 Å². The Bertz CT molecular complexity index is 1790. The first-order chi connectivity index (χ1) is 21.3. The van der Waals surface area contributed by atoms with Crippen LogP contribution in [0.5, 0.6) is 0 Å². The maximum Gasteiger partial charge on any atom is 0.416 e. The molecule has 2 aliphatic heterocycles. The van der Waals surface area contributed by atoms with Gasteiger partial charge in [0, 0.05) is 34.8 Å². The number of alkyl halides is 4. The summed E-state index contributed by atoms with van der Waals surface area (Å²) in [6.07, 6.45) is -3.61. The lowest BCUT2D eigenvalue weighted by Gasteiger charge is -2.34. The summed E-state index contributed by atoms with van der Waals surface area (Å²) in [4.78, 5) is 30.4. The molecule has 4 heterocycles. The van der Waals surface area contributed by atoms with E-state index >= 15 is 0 Å². The number of anilines is 1. The van der Waals surface area contributed by atoms with Gasteiger partial charge in [-0.3, -0.25) is 9.88 Å². The number of nitrogens with zero attached hydrogens (tertiary/aromatic N) is 5. The highest BCUT2D eigenvalue weighted by Gasteiger charge is 2.42. The Morgan fingerprint density at radius 2 is 1.67 bits per heavy atom. The fraction of sp³-hybridized carbons (Fsp3) is 0.353. The van der Waals surface area contributed by atoms with Crippen LogP contribution in [0, 0.1) is 27.7 Å². The molecule has 0 spiro atoms. The molecule has 2 aliphatic rings. The van der Waals surface area contributed by atoms with Crippen molar-refractivity contribution in [2.75, 3.05) is 18.0 Å². The van der Waals surface area contributed by atoms with Gasteiger partial charge in [0.1, 0.15) is 12.3 Å². The molecule has 4 aromatic rings. The van der Waals surface area contributed by atoms with E-state index in [1.807, 2.05) is 39.1 Å². The molecule has 234 valence electrons. The lowest BCUT2D eigenvalue weighted by Crippen LogP contribution is -2.49. The molecule has 45 heavy (non-hydrogen) atoms. The van der Waals surface area contributed by atoms with Crippen molar-refractivity contribution in [3.8, 4) is 22.3 Å². The van der Waals surface area contributed by atoms with Gasteiger partial charge >= 0.3 is 12.3 Å². The zero-order valence-electron chi connectivity index (χ0n) is 25.6. The zero-order valence-corrected chi connectivity index (χ0v) is 25.6. The number of cyclic esters (lactones) is 1. The number of hydrogen-bond donors (Lipinski definition) is 0. The normalized spacial score (nSPS) is 18.7. The molecular formula is C34H33F4N5O2. The quantitative estimate of drug-likeness (QED) is 0.206. The highest BCUT2D eigenvalue weighted by molar-refractivity contribution is 5.77. The average molecular weight is 620 g/mol. The summed E-state index contributed by atoms with van der Waals surface area (Å²) in [5.74, 6) is 0.337. The number of halogens is 4. The van der Waals surface area contributed by atoms with Crippen molar-refractivity contribution in [1.29, 1.82) is 0 Å². The molecule has 6 rings (SSSR count). The largest absolute Gasteiger partial charge is 0.439 e. The molecule has 2 saturated heterocycles. The summed E-state index contributed by atoms with van der Waals surface area (Å²) in [5, 5.41) is 0. The van der Waals surface area contributed by atoms with Crippen LogP contribution in [0.4, 0.5) is 28.3 Å². The second kappa shape index (κ2) is 11.4. The molecule has 2 aromatic heterocycles. The van der Waals surface area contributed by atoms with Gasteiger partial charge in [0.2, 0.25) is 5.95 Å². The number of aromatic nitrogens is 3. The number of carbonyl (C=O) groups excluding carboxylic acids is 1. The number of benzene rings is 2. The van der Waals surface area contributed by atoms with E-state index < -0.39 is 36.2 Å². The first kappa shape index (κ1) is 30.5. The minimum atomic E-state index is -4.54. The van der Waals surface area contributed by atoms with Crippen LogP contribution in [0.2, 0.25) is 0 Å². The van der Waals surface area contributed by atoms with Gasteiger partial charge in [-0.25, -0.2) is 19.2 Å². The standard InChI is InChI=1S/C34H33F4N5O2/c1-18-6-7-27(20(3)8-18)24-12-28(21(4)39-13-24)29-14-40-32(42-15-26(35)16-42)41-30(29)17-43-22(5)31(45-33(43)44)23-9-19(2)10-25(11-23)34(36,37)38/h6-14,22,26,31H,15-17H2,1-5H3/t22-,31-/m0/s1. The zero-order chi connectivity index (χ0) is 32.2. The van der Waals surface area contributed by atoms with E-state index in [1.54, 1.807) is 31.0 Å². The Kier molecular flexibility index (Phi) is 7.74. The van der Waals surface area contributed by atoms with Crippen LogP contribution < -0.4 is 4.90 Å². The predicted octanol–water partition coefficient (Wildman–Crippen LogP) is 7.70. The maximum absolute atomic E-state index is 13.7. The van der Waals surface area contributed by atoms with Crippen LogP contribution >= 0.6 is 0 Å². The molecule has 0 radical (unpaired) electrons. The summed E-state index contributed by atoms with van der Waals surface area (Å²) < 4.78 is 60.1. The Morgan fingerprint density at radius 1 is 0.911 bits per heavy atom. The van der Waals surface area contributed by atoms with Gasteiger partial charge in [0.25, 0.3) is 0 Å². The van der Waals surface area contributed by atoms with Gasteiger partial charge in [-0.05, 0) is 69.5 Å². The molecule has 2 aromatic carbocycles. The number of hydrogen-bond acceptors (Lipinski definition) is 6. The molecule has 0 bridgehead atoms. The first-order valence-corrected chi connectivity index (χ1v) is 14.7. The van der Waals surface area contributed by atoms with Crippen LogP contribution in [0.15, 0.2) is 54.9 Å². The Labute approximate surface area is 258 Å². The second-order valence-corrected chi connectivity index (χ2v) is 12.0. The van der Waals surface area contributed by atoms with Crippen LogP contribution in [0.3, 0.4) is 0 Å². The van der Waals surface area contributed by atoms with E-state index in [0.717, 1.165) is 45.6 Å². The van der Waals surface area contributed by atoms with Gasteiger partial charge in [-0.15, -0.1) is 0 Å². The van der Waals surface area contributed by atoms with Gasteiger partial charge in [-0.2, -0.15) is 13.2 Å². The smallest absolute Gasteiger partial charge is 0.416 e. The monoisotopic (exact) mass is 619 g/mol. The maximum atomic E-state index is 13.7. The molecule has 1 amide bonds. The number of rotatable bonds is 6. The van der Waals surface area contributed by atoms with Crippen LogP contribution in [-0.2, 0) is 17.5 Å². The minimum absolute atomic E-state index is 0.000578. The van der Waals surface area contributed by atoms with E-state index in [-0.39, 0.29) is 25.2 Å². The molecular weight excluding hydrogens is 586 g/mol. The highest BCUT2D eigenvalue weighted by atomic mass is 19.4. The lowest BCUT2D eigenvalue weighted by molar-refractivity contribution is -0.137. The topological polar surface area (TPSA) is 71.5 Å². The summed E-state index contributed by atoms with van der Waals surface area (Å²) >= 11 is 0. The van der Waals surface area contributed by atoms with Gasteiger partial charge < -0.3 is 9.64 Å². The van der Waals surface area contributed by atoms with Crippen molar-refractivity contribution >= 4 is 12.0 Å². The van der Waals surface area contributed by atoms with E-state index in [1.165, 1.54) is 4.90 Å². The van der Waals surface area contributed by atoms with E-state index in [0.29, 0.717) is 22.8 Å². The molecule has 7 nitrogen and oxygen atoms in total. The average Bonchev–Trinajstić information content (AvgIpc) is 3.24. The van der Waals surface area contributed by atoms with Gasteiger partial charge in [0.15, 0.2) is 0 Å². The predicted molar refractivity (Wildman–Crippen MR) is 162 cm³/mol. The number of ether oxygens (including phenoxy) is 1. The van der Waals surface area contributed by atoms with Crippen molar-refractivity contribution in [2.24, 2.45) is 0 Å². The number of pyridine rings is 1. The first-order valence-electron chi connectivity index (χ1n) is 14.7. The van der Waals surface area contributed by atoms with Crippen LogP contribution in [0.25, 0.3) is 22.3 Å². The fourth-order valence-corrected chi connectivity index (χ4v) is 6.04. The third-order valence-corrected chi connectivity index (χ3v) is 8.51. The molecule has 2 atom stereocenters. The molecule has 11 heteroatoms. The van der Waals surface area contributed by atoms with E-state index in [9.17, 15) is 22.4 Å². The Morgan fingerprint density at radius 3 is 2.36 bits per heavy atom. The highest BCUT2D eigenvalue weighted by Crippen LogP contribution is 2.39. The van der Waals surface area contributed by atoms with Gasteiger partial charge in [0.05, 0.1) is 36.9 Å².